The van der Waals surface area contributed by atoms with E-state index in [1.807, 2.05) is 30.5 Å². The molecule has 2 rings (SSSR count). The highest BCUT2D eigenvalue weighted by molar-refractivity contribution is 9.10. The SMILES string of the molecule is COCC(C)n1ccnc1Nc1ccc(Br)cc1. The number of hydrogen-bond donors (Lipinski definition) is 1. The molecule has 1 atom stereocenters. The van der Waals surface area contributed by atoms with Crippen LogP contribution in [0, 0.1) is 0 Å². The van der Waals surface area contributed by atoms with Crippen LogP contribution in [-0.2, 0) is 4.74 Å². The lowest BCUT2D eigenvalue weighted by atomic mass is 10.3. The number of anilines is 2. The third-order valence-electron chi connectivity index (χ3n) is 2.65. The summed E-state index contributed by atoms with van der Waals surface area (Å²) in [5.41, 5.74) is 1.01. The van der Waals surface area contributed by atoms with E-state index in [2.05, 4.69) is 37.7 Å². The summed E-state index contributed by atoms with van der Waals surface area (Å²) in [6.45, 7) is 2.75. The Morgan fingerprint density at radius 2 is 2.11 bits per heavy atom. The maximum atomic E-state index is 5.17. The van der Waals surface area contributed by atoms with E-state index in [0.717, 1.165) is 16.1 Å². The molecule has 1 unspecified atom stereocenters. The summed E-state index contributed by atoms with van der Waals surface area (Å²) in [6, 6.07) is 8.24. The van der Waals surface area contributed by atoms with E-state index in [0.29, 0.717) is 6.61 Å². The van der Waals surface area contributed by atoms with Crippen LogP contribution in [0.5, 0.6) is 0 Å². The molecule has 2 aromatic rings. The maximum absolute atomic E-state index is 5.17. The number of halogens is 1. The highest BCUT2D eigenvalue weighted by atomic mass is 79.9. The Hall–Kier alpha value is -1.33. The Labute approximate surface area is 115 Å². The van der Waals surface area contributed by atoms with Crippen molar-refractivity contribution in [1.29, 1.82) is 0 Å². The maximum Gasteiger partial charge on any atom is 0.207 e. The van der Waals surface area contributed by atoms with Crippen molar-refractivity contribution in [2.24, 2.45) is 0 Å². The van der Waals surface area contributed by atoms with E-state index in [1.165, 1.54) is 0 Å². The molecule has 0 saturated heterocycles. The Bertz CT molecular complexity index is 495. The molecule has 0 aliphatic carbocycles. The van der Waals surface area contributed by atoms with Gasteiger partial charge in [-0.05, 0) is 31.2 Å². The summed E-state index contributed by atoms with van der Waals surface area (Å²) in [6.07, 6.45) is 3.73. The van der Waals surface area contributed by atoms with Crippen LogP contribution >= 0.6 is 15.9 Å². The van der Waals surface area contributed by atoms with Crippen molar-refractivity contribution in [2.75, 3.05) is 19.0 Å². The lowest BCUT2D eigenvalue weighted by Gasteiger charge is -2.16. The van der Waals surface area contributed by atoms with Gasteiger partial charge in [0, 0.05) is 29.7 Å². The van der Waals surface area contributed by atoms with Gasteiger partial charge < -0.3 is 14.6 Å². The quantitative estimate of drug-likeness (QED) is 0.917. The molecule has 0 spiro atoms. The Kier molecular flexibility index (Phi) is 4.38. The van der Waals surface area contributed by atoms with Gasteiger partial charge in [-0.1, -0.05) is 15.9 Å². The first kappa shape index (κ1) is 13.1. The summed E-state index contributed by atoms with van der Waals surface area (Å²) in [5, 5.41) is 3.29. The van der Waals surface area contributed by atoms with E-state index >= 15 is 0 Å². The largest absolute Gasteiger partial charge is 0.383 e. The van der Waals surface area contributed by atoms with Gasteiger partial charge in [-0.25, -0.2) is 4.98 Å². The number of nitrogens with zero attached hydrogens (tertiary/aromatic N) is 2. The first-order valence-electron chi connectivity index (χ1n) is 5.75. The van der Waals surface area contributed by atoms with Crippen LogP contribution in [0.25, 0.3) is 0 Å². The second kappa shape index (κ2) is 6.02. The Morgan fingerprint density at radius 1 is 1.39 bits per heavy atom. The van der Waals surface area contributed by atoms with Crippen molar-refractivity contribution >= 4 is 27.6 Å². The first-order valence-corrected chi connectivity index (χ1v) is 6.54. The standard InChI is InChI=1S/C13H16BrN3O/c1-10(9-18-2)17-8-7-15-13(17)16-12-5-3-11(14)4-6-12/h3-8,10H,9H2,1-2H3,(H,15,16). The third kappa shape index (κ3) is 3.11. The fourth-order valence-corrected chi connectivity index (χ4v) is 2.01. The normalized spacial score (nSPS) is 12.4. The van der Waals surface area contributed by atoms with Crippen LogP contribution < -0.4 is 5.32 Å². The third-order valence-corrected chi connectivity index (χ3v) is 3.18. The average Bonchev–Trinajstić information content (AvgIpc) is 2.81. The minimum absolute atomic E-state index is 0.246. The number of hydrogen-bond acceptors (Lipinski definition) is 3. The molecule has 0 aliphatic rings. The van der Waals surface area contributed by atoms with E-state index in [4.69, 9.17) is 4.74 Å². The zero-order chi connectivity index (χ0) is 13.0. The molecule has 18 heavy (non-hydrogen) atoms. The molecule has 0 bridgehead atoms. The van der Waals surface area contributed by atoms with Crippen LogP contribution in [0.1, 0.15) is 13.0 Å². The summed E-state index contributed by atoms with van der Waals surface area (Å²) < 4.78 is 8.29. The topological polar surface area (TPSA) is 39.1 Å². The number of aromatic nitrogens is 2. The molecular formula is C13H16BrN3O. The van der Waals surface area contributed by atoms with Crippen molar-refractivity contribution in [3.8, 4) is 0 Å². The van der Waals surface area contributed by atoms with Gasteiger partial charge in [0.2, 0.25) is 5.95 Å². The molecule has 96 valence electrons. The molecule has 0 aliphatic heterocycles. The molecule has 1 N–H and O–H groups in total. The lowest BCUT2D eigenvalue weighted by molar-refractivity contribution is 0.163. The number of rotatable bonds is 5. The minimum atomic E-state index is 0.246. The number of ether oxygens (including phenoxy) is 1. The molecule has 4 nitrogen and oxygen atoms in total. The number of methoxy groups -OCH3 is 1. The van der Waals surface area contributed by atoms with Crippen molar-refractivity contribution in [2.45, 2.75) is 13.0 Å². The molecule has 1 heterocycles. The van der Waals surface area contributed by atoms with Gasteiger partial charge in [0.25, 0.3) is 0 Å². The Morgan fingerprint density at radius 3 is 2.78 bits per heavy atom. The van der Waals surface area contributed by atoms with Crippen LogP contribution in [0.3, 0.4) is 0 Å². The molecular weight excluding hydrogens is 294 g/mol. The molecule has 5 heteroatoms. The van der Waals surface area contributed by atoms with Crippen molar-refractivity contribution < 1.29 is 4.74 Å². The van der Waals surface area contributed by atoms with E-state index < -0.39 is 0 Å². The van der Waals surface area contributed by atoms with E-state index in [9.17, 15) is 0 Å². The van der Waals surface area contributed by atoms with Crippen molar-refractivity contribution in [1.82, 2.24) is 9.55 Å². The van der Waals surface area contributed by atoms with Gasteiger partial charge in [0.15, 0.2) is 0 Å². The van der Waals surface area contributed by atoms with Gasteiger partial charge in [0.1, 0.15) is 0 Å². The monoisotopic (exact) mass is 309 g/mol. The molecule has 1 aromatic heterocycles. The van der Waals surface area contributed by atoms with E-state index in [1.54, 1.807) is 13.3 Å². The predicted octanol–water partition coefficient (Wildman–Crippen LogP) is 3.60. The fourth-order valence-electron chi connectivity index (χ4n) is 1.75. The molecule has 1 aromatic carbocycles. The number of imidazole rings is 1. The van der Waals surface area contributed by atoms with Gasteiger partial charge >= 0.3 is 0 Å². The summed E-state index contributed by atoms with van der Waals surface area (Å²) in [7, 11) is 1.70. The lowest BCUT2D eigenvalue weighted by Crippen LogP contribution is -2.12. The van der Waals surface area contributed by atoms with Gasteiger partial charge in [-0.15, -0.1) is 0 Å². The van der Waals surface area contributed by atoms with Gasteiger partial charge in [-0.3, -0.25) is 0 Å². The van der Waals surface area contributed by atoms with Gasteiger partial charge in [-0.2, -0.15) is 0 Å². The van der Waals surface area contributed by atoms with E-state index in [-0.39, 0.29) is 6.04 Å². The highest BCUT2D eigenvalue weighted by Gasteiger charge is 2.09. The Balaban J connectivity index is 2.14. The highest BCUT2D eigenvalue weighted by Crippen LogP contribution is 2.20. The second-order valence-corrected chi connectivity index (χ2v) is 5.01. The summed E-state index contributed by atoms with van der Waals surface area (Å²) in [5.74, 6) is 0.821. The molecule has 0 radical (unpaired) electrons. The van der Waals surface area contributed by atoms with Crippen LogP contribution in [0.15, 0.2) is 41.1 Å². The minimum Gasteiger partial charge on any atom is -0.383 e. The van der Waals surface area contributed by atoms with Gasteiger partial charge in [0.05, 0.1) is 12.6 Å². The first-order chi connectivity index (χ1) is 8.70. The predicted molar refractivity (Wildman–Crippen MR) is 76.2 cm³/mol. The molecule has 0 saturated carbocycles. The smallest absolute Gasteiger partial charge is 0.207 e. The molecule has 0 amide bonds. The molecule has 0 fully saturated rings. The van der Waals surface area contributed by atoms with Crippen LogP contribution in [0.4, 0.5) is 11.6 Å². The number of nitrogens with one attached hydrogen (secondary N) is 1. The average molecular weight is 310 g/mol. The van der Waals surface area contributed by atoms with Crippen molar-refractivity contribution in [3.63, 3.8) is 0 Å². The zero-order valence-corrected chi connectivity index (χ0v) is 12.0. The van der Waals surface area contributed by atoms with Crippen molar-refractivity contribution in [3.05, 3.63) is 41.1 Å². The fraction of sp³-hybridized carbons (Fsp3) is 0.308. The summed E-state index contributed by atoms with van der Waals surface area (Å²) in [4.78, 5) is 4.32. The second-order valence-electron chi connectivity index (χ2n) is 4.09. The zero-order valence-electron chi connectivity index (χ0n) is 10.4. The van der Waals surface area contributed by atoms with Crippen LogP contribution in [-0.4, -0.2) is 23.3 Å². The van der Waals surface area contributed by atoms with Crippen LogP contribution in [0.2, 0.25) is 0 Å². The number of benzene rings is 1. The summed E-state index contributed by atoms with van der Waals surface area (Å²) >= 11 is 3.42.